The summed E-state index contributed by atoms with van der Waals surface area (Å²) in [4.78, 5) is 28.0. The van der Waals surface area contributed by atoms with Crippen LogP contribution in [-0.4, -0.2) is 65.8 Å². The standard InChI is InChI=1S/C14H22N2O4/c1-9(4-10-7-19-10)5-15-12(17)14(2,3)16(13(15)18)6-11-8-20-11/h9-11H,4-8H2,1-3H3. The first-order chi connectivity index (χ1) is 9.39. The lowest BCUT2D eigenvalue weighted by Crippen LogP contribution is -2.45. The molecule has 0 radical (unpaired) electrons. The van der Waals surface area contributed by atoms with Crippen LogP contribution in [0.15, 0.2) is 0 Å². The molecular weight excluding hydrogens is 260 g/mol. The fourth-order valence-corrected chi connectivity index (χ4v) is 2.80. The summed E-state index contributed by atoms with van der Waals surface area (Å²) >= 11 is 0. The molecular formula is C14H22N2O4. The lowest BCUT2D eigenvalue weighted by molar-refractivity contribution is -0.132. The van der Waals surface area contributed by atoms with Gasteiger partial charge in [-0.25, -0.2) is 4.79 Å². The fraction of sp³-hybridized carbons (Fsp3) is 0.857. The van der Waals surface area contributed by atoms with Crippen LogP contribution in [0.4, 0.5) is 4.79 Å². The molecule has 3 aliphatic rings. The summed E-state index contributed by atoms with van der Waals surface area (Å²) in [6.45, 7) is 8.15. The molecule has 3 amide bonds. The topological polar surface area (TPSA) is 65.7 Å². The van der Waals surface area contributed by atoms with Crippen LogP contribution in [0.5, 0.6) is 0 Å². The first-order valence-corrected chi connectivity index (χ1v) is 7.26. The van der Waals surface area contributed by atoms with Crippen LogP contribution in [-0.2, 0) is 14.3 Å². The van der Waals surface area contributed by atoms with E-state index >= 15 is 0 Å². The maximum Gasteiger partial charge on any atom is 0.327 e. The van der Waals surface area contributed by atoms with Gasteiger partial charge in [-0.2, -0.15) is 0 Å². The Bertz CT molecular complexity index is 429. The highest BCUT2D eigenvalue weighted by Crippen LogP contribution is 2.31. The van der Waals surface area contributed by atoms with Gasteiger partial charge < -0.3 is 14.4 Å². The number of epoxide rings is 2. The van der Waals surface area contributed by atoms with Gasteiger partial charge in [0.05, 0.1) is 32.0 Å². The highest BCUT2D eigenvalue weighted by atomic mass is 16.6. The molecule has 3 fully saturated rings. The van der Waals surface area contributed by atoms with Gasteiger partial charge in [0.15, 0.2) is 0 Å². The van der Waals surface area contributed by atoms with Gasteiger partial charge in [-0.15, -0.1) is 0 Å². The molecule has 0 spiro atoms. The number of hydrogen-bond donors (Lipinski definition) is 0. The van der Waals surface area contributed by atoms with Crippen molar-refractivity contribution in [2.45, 2.75) is 44.9 Å². The largest absolute Gasteiger partial charge is 0.373 e. The van der Waals surface area contributed by atoms with E-state index in [1.54, 1.807) is 4.90 Å². The average Bonchev–Trinajstić information content (AvgIpc) is 3.24. The number of hydrogen-bond acceptors (Lipinski definition) is 4. The van der Waals surface area contributed by atoms with E-state index in [1.807, 2.05) is 13.8 Å². The van der Waals surface area contributed by atoms with E-state index in [4.69, 9.17) is 9.47 Å². The van der Waals surface area contributed by atoms with E-state index in [9.17, 15) is 9.59 Å². The van der Waals surface area contributed by atoms with Gasteiger partial charge in [-0.05, 0) is 26.2 Å². The molecule has 3 heterocycles. The summed E-state index contributed by atoms with van der Waals surface area (Å²) in [7, 11) is 0. The van der Waals surface area contributed by atoms with Crippen LogP contribution in [0.3, 0.4) is 0 Å². The third kappa shape index (κ3) is 2.54. The molecule has 0 N–H and O–H groups in total. The molecule has 0 saturated carbocycles. The molecule has 112 valence electrons. The highest BCUT2D eigenvalue weighted by Gasteiger charge is 2.52. The monoisotopic (exact) mass is 282 g/mol. The summed E-state index contributed by atoms with van der Waals surface area (Å²) in [6.07, 6.45) is 1.33. The maximum absolute atomic E-state index is 12.5. The fourth-order valence-electron chi connectivity index (χ4n) is 2.80. The van der Waals surface area contributed by atoms with Crippen molar-refractivity contribution >= 4 is 11.9 Å². The summed E-state index contributed by atoms with van der Waals surface area (Å²) in [5, 5.41) is 0. The van der Waals surface area contributed by atoms with Crippen molar-refractivity contribution in [1.29, 1.82) is 0 Å². The number of nitrogens with zero attached hydrogens (tertiary/aromatic N) is 2. The minimum absolute atomic E-state index is 0.100. The number of amides is 3. The molecule has 0 aromatic heterocycles. The van der Waals surface area contributed by atoms with Crippen molar-refractivity contribution in [1.82, 2.24) is 9.80 Å². The number of ether oxygens (including phenoxy) is 2. The Morgan fingerprint density at radius 1 is 1.25 bits per heavy atom. The molecule has 3 rings (SSSR count). The smallest absolute Gasteiger partial charge is 0.327 e. The van der Waals surface area contributed by atoms with Crippen LogP contribution >= 0.6 is 0 Å². The molecule has 6 heteroatoms. The highest BCUT2D eigenvalue weighted by molar-refractivity contribution is 6.06. The van der Waals surface area contributed by atoms with Crippen molar-refractivity contribution in [2.24, 2.45) is 5.92 Å². The predicted molar refractivity (Wildman–Crippen MR) is 71.2 cm³/mol. The van der Waals surface area contributed by atoms with E-state index in [0.717, 1.165) is 13.0 Å². The molecule has 3 aliphatic heterocycles. The molecule has 3 unspecified atom stereocenters. The Balaban J connectivity index is 1.66. The van der Waals surface area contributed by atoms with E-state index < -0.39 is 5.54 Å². The second-order valence-corrected chi connectivity index (χ2v) is 6.62. The van der Waals surface area contributed by atoms with Crippen LogP contribution in [0, 0.1) is 5.92 Å². The molecule has 20 heavy (non-hydrogen) atoms. The second-order valence-electron chi connectivity index (χ2n) is 6.62. The molecule has 6 nitrogen and oxygen atoms in total. The van der Waals surface area contributed by atoms with Crippen LogP contribution < -0.4 is 0 Å². The number of urea groups is 1. The van der Waals surface area contributed by atoms with Gasteiger partial charge in [-0.1, -0.05) is 6.92 Å². The third-order valence-electron chi connectivity index (χ3n) is 4.26. The Labute approximate surface area is 119 Å². The van der Waals surface area contributed by atoms with Crippen LogP contribution in [0.1, 0.15) is 27.2 Å². The summed E-state index contributed by atoms with van der Waals surface area (Å²) in [6, 6.07) is -0.181. The Kier molecular flexibility index (Phi) is 3.25. The Morgan fingerprint density at radius 2 is 1.85 bits per heavy atom. The van der Waals surface area contributed by atoms with Gasteiger partial charge in [-0.3, -0.25) is 9.69 Å². The second kappa shape index (κ2) is 4.70. The zero-order valence-corrected chi connectivity index (χ0v) is 12.3. The SMILES string of the molecule is CC(CC1CO1)CN1C(=O)N(CC2CO2)C(C)(C)C1=O. The van der Waals surface area contributed by atoms with Gasteiger partial charge in [0, 0.05) is 6.54 Å². The summed E-state index contributed by atoms with van der Waals surface area (Å²) in [5.74, 6) is 0.162. The number of carbonyl (C=O) groups is 2. The van der Waals surface area contributed by atoms with Crippen molar-refractivity contribution in [3.63, 3.8) is 0 Å². The molecule has 3 saturated heterocycles. The molecule has 3 atom stereocenters. The zero-order chi connectivity index (χ0) is 14.5. The minimum atomic E-state index is -0.765. The van der Waals surface area contributed by atoms with Crippen molar-refractivity contribution < 1.29 is 19.1 Å². The van der Waals surface area contributed by atoms with Crippen molar-refractivity contribution in [2.75, 3.05) is 26.3 Å². The first-order valence-electron chi connectivity index (χ1n) is 7.26. The lowest BCUT2D eigenvalue weighted by atomic mass is 10.0. The van der Waals surface area contributed by atoms with Gasteiger partial charge in [0.25, 0.3) is 5.91 Å². The van der Waals surface area contributed by atoms with E-state index in [2.05, 4.69) is 6.92 Å². The predicted octanol–water partition coefficient (Wildman–Crippen LogP) is 0.853. The van der Waals surface area contributed by atoms with Gasteiger partial charge >= 0.3 is 6.03 Å². The Morgan fingerprint density at radius 3 is 2.40 bits per heavy atom. The van der Waals surface area contributed by atoms with Crippen molar-refractivity contribution in [3.8, 4) is 0 Å². The van der Waals surface area contributed by atoms with Gasteiger partial charge in [0.2, 0.25) is 0 Å². The van der Waals surface area contributed by atoms with Crippen LogP contribution in [0.25, 0.3) is 0 Å². The number of imide groups is 1. The molecule has 0 aromatic rings. The van der Waals surface area contributed by atoms with Crippen molar-refractivity contribution in [3.05, 3.63) is 0 Å². The zero-order valence-electron chi connectivity index (χ0n) is 12.3. The Hall–Kier alpha value is -1.14. The van der Waals surface area contributed by atoms with Gasteiger partial charge in [0.1, 0.15) is 5.54 Å². The van der Waals surface area contributed by atoms with E-state index in [1.165, 1.54) is 4.90 Å². The number of rotatable bonds is 6. The van der Waals surface area contributed by atoms with Crippen LogP contribution in [0.2, 0.25) is 0 Å². The summed E-state index contributed by atoms with van der Waals surface area (Å²) < 4.78 is 10.4. The number of carbonyl (C=O) groups excluding carboxylic acids is 2. The van der Waals surface area contributed by atoms with E-state index in [-0.39, 0.29) is 24.0 Å². The maximum atomic E-state index is 12.5. The van der Waals surface area contributed by atoms with E-state index in [0.29, 0.717) is 25.8 Å². The normalized spacial score (nSPS) is 32.8. The molecule has 0 aliphatic carbocycles. The lowest BCUT2D eigenvalue weighted by Gasteiger charge is -2.26. The molecule has 0 aromatic carbocycles. The minimum Gasteiger partial charge on any atom is -0.373 e. The third-order valence-corrected chi connectivity index (χ3v) is 4.26. The average molecular weight is 282 g/mol. The molecule has 0 bridgehead atoms. The quantitative estimate of drug-likeness (QED) is 0.535. The first kappa shape index (κ1) is 13.8. The summed E-state index contributed by atoms with van der Waals surface area (Å²) in [5.41, 5.74) is -0.765.